The lowest BCUT2D eigenvalue weighted by Gasteiger charge is -2.33. The molecule has 102 valence electrons. The fourth-order valence-corrected chi connectivity index (χ4v) is 2.63. The average molecular weight is 248 g/mol. The molecule has 0 heterocycles. The Balaban J connectivity index is 3.72. The second-order valence-electron chi connectivity index (χ2n) is 7.58. The summed E-state index contributed by atoms with van der Waals surface area (Å²) in [5.41, 5.74) is 3.90. The second kappa shape index (κ2) is 4.60. The Kier molecular flexibility index (Phi) is 3.86. The number of phenols is 1. The molecule has 0 spiro atoms. The molecule has 0 radical (unpaired) electrons. The van der Waals surface area contributed by atoms with Crippen LogP contribution in [0.25, 0.3) is 0 Å². The molecule has 0 amide bonds. The molecule has 18 heavy (non-hydrogen) atoms. The molecular formula is C17H28O. The van der Waals surface area contributed by atoms with Gasteiger partial charge in [-0.2, -0.15) is 0 Å². The standard InChI is InChI=1S/C17H28O/c1-11(2)14-13(18)10-9-12(16(3,4)5)15(14)17(6,7)8/h9-11,18H,1-8H3. The molecule has 1 heteroatoms. The lowest BCUT2D eigenvalue weighted by Crippen LogP contribution is -2.24. The Bertz CT molecular complexity index is 428. The number of phenolic OH excluding ortho intramolecular Hbond substituents is 1. The average Bonchev–Trinajstić information content (AvgIpc) is 2.12. The molecule has 0 saturated heterocycles. The molecule has 1 aromatic carbocycles. The minimum atomic E-state index is 0.0426. The van der Waals surface area contributed by atoms with E-state index >= 15 is 0 Å². The van der Waals surface area contributed by atoms with Crippen molar-refractivity contribution in [1.29, 1.82) is 0 Å². The number of rotatable bonds is 1. The van der Waals surface area contributed by atoms with Gasteiger partial charge in [0.1, 0.15) is 5.75 Å². The first-order chi connectivity index (χ1) is 7.96. The maximum Gasteiger partial charge on any atom is 0.119 e. The first kappa shape index (κ1) is 15.1. The van der Waals surface area contributed by atoms with E-state index in [1.807, 2.05) is 6.07 Å². The van der Waals surface area contributed by atoms with Crippen LogP contribution in [0, 0.1) is 0 Å². The molecule has 0 aliphatic rings. The topological polar surface area (TPSA) is 20.2 Å². The smallest absolute Gasteiger partial charge is 0.119 e. The van der Waals surface area contributed by atoms with Crippen LogP contribution in [0.1, 0.15) is 78.0 Å². The zero-order valence-corrected chi connectivity index (χ0v) is 13.2. The minimum absolute atomic E-state index is 0.0426. The summed E-state index contributed by atoms with van der Waals surface area (Å²) in [6.45, 7) is 17.7. The highest BCUT2D eigenvalue weighted by Gasteiger charge is 2.29. The van der Waals surface area contributed by atoms with Crippen LogP contribution in [-0.2, 0) is 10.8 Å². The molecule has 1 N–H and O–H groups in total. The summed E-state index contributed by atoms with van der Waals surface area (Å²) in [6, 6.07) is 3.94. The van der Waals surface area contributed by atoms with Gasteiger partial charge in [-0.25, -0.2) is 0 Å². The summed E-state index contributed by atoms with van der Waals surface area (Å²) < 4.78 is 0. The van der Waals surface area contributed by atoms with Crippen LogP contribution in [-0.4, -0.2) is 5.11 Å². The highest BCUT2D eigenvalue weighted by Crippen LogP contribution is 2.42. The van der Waals surface area contributed by atoms with E-state index in [-0.39, 0.29) is 10.8 Å². The molecule has 0 unspecified atom stereocenters. The van der Waals surface area contributed by atoms with Crippen LogP contribution in [0.2, 0.25) is 0 Å². The molecule has 0 saturated carbocycles. The van der Waals surface area contributed by atoms with E-state index in [4.69, 9.17) is 0 Å². The third-order valence-electron chi connectivity index (χ3n) is 3.36. The Morgan fingerprint density at radius 1 is 0.889 bits per heavy atom. The molecule has 0 bridgehead atoms. The van der Waals surface area contributed by atoms with E-state index in [2.05, 4.69) is 61.5 Å². The third-order valence-corrected chi connectivity index (χ3v) is 3.36. The van der Waals surface area contributed by atoms with Gasteiger partial charge in [0.25, 0.3) is 0 Å². The van der Waals surface area contributed by atoms with Crippen LogP contribution in [0.4, 0.5) is 0 Å². The van der Waals surface area contributed by atoms with Crippen LogP contribution < -0.4 is 0 Å². The summed E-state index contributed by atoms with van der Waals surface area (Å²) in [4.78, 5) is 0. The predicted molar refractivity (Wildman–Crippen MR) is 79.6 cm³/mol. The van der Waals surface area contributed by atoms with Gasteiger partial charge in [0.2, 0.25) is 0 Å². The molecule has 0 aromatic heterocycles. The van der Waals surface area contributed by atoms with Crippen LogP contribution in [0.3, 0.4) is 0 Å². The summed E-state index contributed by atoms with van der Waals surface area (Å²) in [5.74, 6) is 0.768. The van der Waals surface area contributed by atoms with Crippen molar-refractivity contribution in [3.63, 3.8) is 0 Å². The van der Waals surface area contributed by atoms with E-state index in [1.165, 1.54) is 11.1 Å². The fraction of sp³-hybridized carbons (Fsp3) is 0.647. The largest absolute Gasteiger partial charge is 0.508 e. The Labute approximate surface area is 112 Å². The maximum absolute atomic E-state index is 10.2. The second-order valence-corrected chi connectivity index (χ2v) is 7.58. The normalized spacial score (nSPS) is 13.2. The van der Waals surface area contributed by atoms with Gasteiger partial charge in [0.15, 0.2) is 0 Å². The minimum Gasteiger partial charge on any atom is -0.508 e. The van der Waals surface area contributed by atoms with Gasteiger partial charge < -0.3 is 5.11 Å². The van der Waals surface area contributed by atoms with E-state index < -0.39 is 0 Å². The van der Waals surface area contributed by atoms with E-state index in [1.54, 1.807) is 0 Å². The quantitative estimate of drug-likeness (QED) is 0.732. The van der Waals surface area contributed by atoms with Crippen molar-refractivity contribution in [3.05, 3.63) is 28.8 Å². The summed E-state index contributed by atoms with van der Waals surface area (Å²) in [6.07, 6.45) is 0. The molecular weight excluding hydrogens is 220 g/mol. The Hall–Kier alpha value is -0.980. The van der Waals surface area contributed by atoms with Crippen molar-refractivity contribution in [2.24, 2.45) is 0 Å². The number of benzene rings is 1. The summed E-state index contributed by atoms with van der Waals surface area (Å²) >= 11 is 0. The first-order valence-corrected chi connectivity index (χ1v) is 6.83. The summed E-state index contributed by atoms with van der Waals surface area (Å²) in [7, 11) is 0. The van der Waals surface area contributed by atoms with Crippen molar-refractivity contribution in [3.8, 4) is 5.75 Å². The molecule has 0 atom stereocenters. The lowest BCUT2D eigenvalue weighted by atomic mass is 9.71. The monoisotopic (exact) mass is 248 g/mol. The van der Waals surface area contributed by atoms with E-state index in [0.717, 1.165) is 5.56 Å². The lowest BCUT2D eigenvalue weighted by molar-refractivity contribution is 0.451. The molecule has 0 fully saturated rings. The van der Waals surface area contributed by atoms with Crippen molar-refractivity contribution in [2.75, 3.05) is 0 Å². The summed E-state index contributed by atoms with van der Waals surface area (Å²) in [5, 5.41) is 10.2. The molecule has 1 nitrogen and oxygen atoms in total. The zero-order chi connectivity index (χ0) is 14.3. The molecule has 0 aliphatic heterocycles. The Morgan fingerprint density at radius 2 is 1.39 bits per heavy atom. The fourth-order valence-electron chi connectivity index (χ4n) is 2.63. The van der Waals surface area contributed by atoms with Crippen molar-refractivity contribution >= 4 is 0 Å². The highest BCUT2D eigenvalue weighted by molar-refractivity contribution is 5.51. The van der Waals surface area contributed by atoms with E-state index in [0.29, 0.717) is 11.7 Å². The molecule has 0 aliphatic carbocycles. The SMILES string of the molecule is CC(C)c1c(O)ccc(C(C)(C)C)c1C(C)(C)C. The van der Waals surface area contributed by atoms with E-state index in [9.17, 15) is 5.11 Å². The molecule has 1 rings (SSSR count). The van der Waals surface area contributed by atoms with Crippen LogP contribution in [0.5, 0.6) is 5.75 Å². The molecule has 1 aromatic rings. The first-order valence-electron chi connectivity index (χ1n) is 6.83. The van der Waals surface area contributed by atoms with Gasteiger partial charge in [0.05, 0.1) is 0 Å². The number of aromatic hydroxyl groups is 1. The Morgan fingerprint density at radius 3 is 1.72 bits per heavy atom. The van der Waals surface area contributed by atoms with Gasteiger partial charge in [-0.05, 0) is 33.9 Å². The third kappa shape index (κ3) is 2.88. The van der Waals surface area contributed by atoms with Gasteiger partial charge in [0, 0.05) is 5.56 Å². The zero-order valence-electron chi connectivity index (χ0n) is 13.2. The number of hydrogen-bond acceptors (Lipinski definition) is 1. The van der Waals surface area contributed by atoms with Crippen molar-refractivity contribution in [1.82, 2.24) is 0 Å². The predicted octanol–water partition coefficient (Wildman–Crippen LogP) is 5.11. The number of hydrogen-bond donors (Lipinski definition) is 1. The van der Waals surface area contributed by atoms with Crippen molar-refractivity contribution < 1.29 is 5.11 Å². The van der Waals surface area contributed by atoms with Gasteiger partial charge in [-0.1, -0.05) is 61.5 Å². The van der Waals surface area contributed by atoms with Gasteiger partial charge >= 0.3 is 0 Å². The van der Waals surface area contributed by atoms with Crippen molar-refractivity contribution in [2.45, 2.75) is 72.1 Å². The highest BCUT2D eigenvalue weighted by atomic mass is 16.3. The van der Waals surface area contributed by atoms with Gasteiger partial charge in [-0.15, -0.1) is 0 Å². The maximum atomic E-state index is 10.2. The van der Waals surface area contributed by atoms with Crippen LogP contribution in [0.15, 0.2) is 12.1 Å². The van der Waals surface area contributed by atoms with Gasteiger partial charge in [-0.3, -0.25) is 0 Å². The van der Waals surface area contributed by atoms with Crippen LogP contribution >= 0.6 is 0 Å².